The molecule has 0 saturated heterocycles. The number of hydrogen-bond acceptors (Lipinski definition) is 5. The molecule has 7 nitrogen and oxygen atoms in total. The fourth-order valence-corrected chi connectivity index (χ4v) is 4.65. The van der Waals surface area contributed by atoms with Crippen LogP contribution >= 0.6 is 12.2 Å². The predicted octanol–water partition coefficient (Wildman–Crippen LogP) is 6.48. The summed E-state index contributed by atoms with van der Waals surface area (Å²) < 4.78 is 49.3. The fourth-order valence-electron chi connectivity index (χ4n) is 4.50. The Balaban J connectivity index is 1.31. The second-order valence-corrected chi connectivity index (χ2v) is 9.42. The molecule has 200 valence electrons. The van der Waals surface area contributed by atoms with Crippen molar-refractivity contribution in [2.24, 2.45) is 12.1 Å². The Morgan fingerprint density at radius 2 is 1.82 bits per heavy atom. The number of nitrogens with one attached hydrogen (secondary N) is 2. The lowest BCUT2D eigenvalue weighted by Gasteiger charge is -2.18. The van der Waals surface area contributed by atoms with Crippen LogP contribution in [-0.4, -0.2) is 27.5 Å². The monoisotopic (exact) mass is 551 g/mol. The molecule has 0 saturated carbocycles. The first-order valence-corrected chi connectivity index (χ1v) is 12.4. The number of fused-ring (bicyclic) bond motifs is 3. The molecule has 0 unspecified atom stereocenters. The zero-order chi connectivity index (χ0) is 27.7. The van der Waals surface area contributed by atoms with E-state index in [0.717, 1.165) is 44.9 Å². The van der Waals surface area contributed by atoms with E-state index in [1.807, 2.05) is 50.2 Å². The van der Waals surface area contributed by atoms with E-state index in [0.29, 0.717) is 16.4 Å². The van der Waals surface area contributed by atoms with Gasteiger partial charge in [0.1, 0.15) is 23.8 Å². The topological polar surface area (TPSA) is 72.7 Å². The van der Waals surface area contributed by atoms with Crippen molar-refractivity contribution in [2.45, 2.75) is 26.8 Å². The Labute approximate surface area is 228 Å². The third-order valence-corrected chi connectivity index (χ3v) is 6.43. The van der Waals surface area contributed by atoms with Crippen molar-refractivity contribution >= 4 is 29.2 Å². The summed E-state index contributed by atoms with van der Waals surface area (Å²) in [5.74, 6) is 0.371. The first kappa shape index (κ1) is 26.2. The summed E-state index contributed by atoms with van der Waals surface area (Å²) in [6.07, 6.45) is -3.10. The number of para-hydroxylation sites is 1. The zero-order valence-electron chi connectivity index (χ0n) is 21.3. The molecule has 39 heavy (non-hydrogen) atoms. The fraction of sp³-hybridized carbons (Fsp3) is 0.179. The number of thiocarbonyl (C=S) groups is 1. The molecule has 3 aromatic carbocycles. The summed E-state index contributed by atoms with van der Waals surface area (Å²) in [5, 5.41) is 12.5. The van der Waals surface area contributed by atoms with Crippen LogP contribution in [-0.2, 0) is 13.7 Å². The molecule has 2 heterocycles. The molecule has 0 fully saturated rings. The molecule has 5 rings (SSSR count). The van der Waals surface area contributed by atoms with E-state index in [9.17, 15) is 13.2 Å². The van der Waals surface area contributed by atoms with Crippen molar-refractivity contribution in [1.82, 2.24) is 15.2 Å². The Kier molecular flexibility index (Phi) is 7.00. The molecule has 1 aromatic heterocycles. The van der Waals surface area contributed by atoms with Crippen LogP contribution in [0, 0.1) is 13.8 Å². The van der Waals surface area contributed by atoms with Gasteiger partial charge in [0.25, 0.3) is 0 Å². The molecule has 0 radical (unpaired) electrons. The second-order valence-electron chi connectivity index (χ2n) is 9.01. The number of hydrazone groups is 1. The van der Waals surface area contributed by atoms with E-state index in [1.165, 1.54) is 12.1 Å². The van der Waals surface area contributed by atoms with Crippen LogP contribution < -0.4 is 20.2 Å². The van der Waals surface area contributed by atoms with Gasteiger partial charge in [0.05, 0.1) is 11.9 Å². The first-order valence-electron chi connectivity index (χ1n) is 11.9. The molecule has 4 aromatic rings. The molecule has 0 atom stereocenters. The van der Waals surface area contributed by atoms with Crippen LogP contribution in [0.3, 0.4) is 0 Å². The van der Waals surface area contributed by atoms with E-state index in [1.54, 1.807) is 30.1 Å². The summed E-state index contributed by atoms with van der Waals surface area (Å²) >= 11 is 5.37. The number of aromatic nitrogens is 2. The third kappa shape index (κ3) is 5.73. The Bertz CT molecular complexity index is 1560. The van der Waals surface area contributed by atoms with Gasteiger partial charge in [0.15, 0.2) is 5.11 Å². The van der Waals surface area contributed by atoms with Crippen LogP contribution in [0.1, 0.15) is 22.3 Å². The van der Waals surface area contributed by atoms with E-state index >= 15 is 0 Å². The van der Waals surface area contributed by atoms with Gasteiger partial charge in [0, 0.05) is 29.4 Å². The Hall–Kier alpha value is -4.38. The normalized spacial score (nSPS) is 12.5. The van der Waals surface area contributed by atoms with E-state index in [-0.39, 0.29) is 12.4 Å². The number of ether oxygens (including phenoxy) is 2. The highest BCUT2D eigenvalue weighted by Crippen LogP contribution is 2.41. The molecular weight excluding hydrogens is 527 g/mol. The van der Waals surface area contributed by atoms with Gasteiger partial charge >= 0.3 is 6.36 Å². The van der Waals surface area contributed by atoms with Crippen LogP contribution in [0.25, 0.3) is 22.5 Å². The van der Waals surface area contributed by atoms with Gasteiger partial charge in [-0.2, -0.15) is 10.2 Å². The molecule has 2 N–H and O–H groups in total. The summed E-state index contributed by atoms with van der Waals surface area (Å²) in [5.41, 5.74) is 10.6. The molecule has 0 bridgehead atoms. The van der Waals surface area contributed by atoms with Gasteiger partial charge in [-0.3, -0.25) is 10.1 Å². The van der Waals surface area contributed by atoms with Crippen molar-refractivity contribution in [3.8, 4) is 34.0 Å². The number of benzene rings is 3. The van der Waals surface area contributed by atoms with Gasteiger partial charge < -0.3 is 14.8 Å². The molecule has 0 spiro atoms. The summed E-state index contributed by atoms with van der Waals surface area (Å²) in [4.78, 5) is 0. The van der Waals surface area contributed by atoms with E-state index in [4.69, 9.17) is 17.0 Å². The molecule has 11 heteroatoms. The first-order chi connectivity index (χ1) is 18.6. The van der Waals surface area contributed by atoms with Crippen molar-refractivity contribution in [3.05, 3.63) is 82.9 Å². The van der Waals surface area contributed by atoms with Gasteiger partial charge in [-0.1, -0.05) is 24.3 Å². The van der Waals surface area contributed by atoms with Crippen LogP contribution in [0.4, 0.5) is 18.9 Å². The van der Waals surface area contributed by atoms with Gasteiger partial charge in [0.2, 0.25) is 0 Å². The number of halogens is 3. The maximum atomic E-state index is 12.5. The van der Waals surface area contributed by atoms with Crippen LogP contribution in [0.15, 0.2) is 65.8 Å². The number of anilines is 1. The van der Waals surface area contributed by atoms with Crippen molar-refractivity contribution in [2.75, 3.05) is 5.32 Å². The number of alkyl halides is 3. The van der Waals surface area contributed by atoms with Crippen LogP contribution in [0.5, 0.6) is 11.5 Å². The van der Waals surface area contributed by atoms with Crippen molar-refractivity contribution in [1.29, 1.82) is 0 Å². The number of rotatable bonds is 5. The predicted molar refractivity (Wildman–Crippen MR) is 148 cm³/mol. The second kappa shape index (κ2) is 10.4. The average Bonchev–Trinajstić information content (AvgIpc) is 3.22. The van der Waals surface area contributed by atoms with Gasteiger partial charge in [-0.25, -0.2) is 0 Å². The minimum Gasteiger partial charge on any atom is -0.488 e. The van der Waals surface area contributed by atoms with Crippen molar-refractivity contribution < 1.29 is 22.6 Å². The minimum atomic E-state index is -4.74. The molecular formula is C28H24F3N5O2S. The van der Waals surface area contributed by atoms with E-state index in [2.05, 4.69) is 25.7 Å². The summed E-state index contributed by atoms with van der Waals surface area (Å²) in [6, 6.07) is 17.4. The smallest absolute Gasteiger partial charge is 0.488 e. The highest BCUT2D eigenvalue weighted by atomic mass is 32.1. The van der Waals surface area contributed by atoms with Crippen molar-refractivity contribution in [3.63, 3.8) is 0 Å². The lowest BCUT2D eigenvalue weighted by atomic mass is 9.98. The third-order valence-electron chi connectivity index (χ3n) is 6.24. The lowest BCUT2D eigenvalue weighted by Crippen LogP contribution is -2.24. The SMILES string of the molecule is Cc1cccc(C)c1NC(=S)N/N=C/c1ccc2c(c1)OCc1c-2nn(C)c1-c1ccc(OC(F)(F)F)cc1. The largest absolute Gasteiger partial charge is 0.573 e. The number of hydrogen-bond donors (Lipinski definition) is 2. The molecule has 1 aliphatic rings. The zero-order valence-corrected chi connectivity index (χ0v) is 22.1. The lowest BCUT2D eigenvalue weighted by molar-refractivity contribution is -0.274. The summed E-state index contributed by atoms with van der Waals surface area (Å²) in [6.45, 7) is 4.27. The maximum absolute atomic E-state index is 12.5. The van der Waals surface area contributed by atoms with Gasteiger partial charge in [-0.15, -0.1) is 13.2 Å². The Morgan fingerprint density at radius 1 is 1.10 bits per heavy atom. The minimum absolute atomic E-state index is 0.259. The van der Waals surface area contributed by atoms with Crippen LogP contribution in [0.2, 0.25) is 0 Å². The highest BCUT2D eigenvalue weighted by molar-refractivity contribution is 7.80. The average molecular weight is 552 g/mol. The number of aryl methyl sites for hydroxylation is 3. The van der Waals surface area contributed by atoms with E-state index < -0.39 is 6.36 Å². The maximum Gasteiger partial charge on any atom is 0.573 e. The summed E-state index contributed by atoms with van der Waals surface area (Å²) in [7, 11) is 1.79. The molecule has 0 aliphatic carbocycles. The van der Waals surface area contributed by atoms with Gasteiger partial charge in [-0.05, 0) is 79.2 Å². The number of nitrogens with zero attached hydrogens (tertiary/aromatic N) is 3. The molecule has 0 amide bonds. The molecule has 1 aliphatic heterocycles. The standard InChI is InChI=1S/C28H24F3N5O2S/c1-16-5-4-6-17(2)24(16)33-27(39)34-32-14-18-7-12-21-23(13-18)37-15-22-25(21)35-36(3)26(22)19-8-10-20(11-9-19)38-28(29,30)31/h4-14H,15H2,1-3H3,(H2,33,34,39)/b32-14+. The highest BCUT2D eigenvalue weighted by Gasteiger charge is 2.31. The quantitative estimate of drug-likeness (QED) is 0.168. The Morgan fingerprint density at radius 3 is 2.51 bits per heavy atom.